The van der Waals surface area contributed by atoms with E-state index in [1.54, 1.807) is 55.6 Å². The Balaban J connectivity index is 1.75. The van der Waals surface area contributed by atoms with Crippen molar-refractivity contribution in [3.05, 3.63) is 82.3 Å². The van der Waals surface area contributed by atoms with Gasteiger partial charge in [-0.3, -0.25) is 9.69 Å². The van der Waals surface area contributed by atoms with Crippen molar-refractivity contribution in [1.29, 1.82) is 0 Å². The number of amides is 3. The molecular formula is C25H24BrN3O5. The Hall–Kier alpha value is -3.56. The van der Waals surface area contributed by atoms with E-state index in [0.29, 0.717) is 34.0 Å². The summed E-state index contributed by atoms with van der Waals surface area (Å²) in [7, 11) is 1.54. The van der Waals surface area contributed by atoms with Gasteiger partial charge in [0.2, 0.25) is 0 Å². The van der Waals surface area contributed by atoms with Gasteiger partial charge in [0.15, 0.2) is 0 Å². The van der Waals surface area contributed by atoms with Gasteiger partial charge >= 0.3 is 6.03 Å². The Morgan fingerprint density at radius 1 is 1.15 bits per heavy atom. The molecule has 1 heterocycles. The molecule has 176 valence electrons. The lowest BCUT2D eigenvalue weighted by Crippen LogP contribution is -2.62. The third kappa shape index (κ3) is 4.32. The maximum atomic E-state index is 13.6. The van der Waals surface area contributed by atoms with Gasteiger partial charge in [0.1, 0.15) is 11.5 Å². The van der Waals surface area contributed by atoms with Crippen molar-refractivity contribution in [3.63, 3.8) is 0 Å². The van der Waals surface area contributed by atoms with Crippen LogP contribution in [0.3, 0.4) is 0 Å². The molecule has 0 unspecified atom stereocenters. The second-order valence-corrected chi connectivity index (χ2v) is 8.46. The number of carbonyl (C=O) groups excluding carboxylic acids is 2. The predicted molar refractivity (Wildman–Crippen MR) is 132 cm³/mol. The zero-order valence-corrected chi connectivity index (χ0v) is 20.3. The fourth-order valence-electron chi connectivity index (χ4n) is 3.89. The number of aliphatic hydroxyl groups is 1. The first-order chi connectivity index (χ1) is 16.4. The molecule has 1 aliphatic rings. The summed E-state index contributed by atoms with van der Waals surface area (Å²) >= 11 is 3.40. The average molecular weight is 526 g/mol. The van der Waals surface area contributed by atoms with E-state index in [0.717, 1.165) is 10.5 Å². The number of halogens is 1. The molecule has 8 nitrogen and oxygen atoms in total. The molecular weight excluding hydrogens is 502 g/mol. The third-order valence-corrected chi connectivity index (χ3v) is 5.97. The Labute approximate surface area is 205 Å². The van der Waals surface area contributed by atoms with Crippen LogP contribution in [-0.2, 0) is 17.1 Å². The third-order valence-electron chi connectivity index (χ3n) is 5.48. The van der Waals surface area contributed by atoms with Crippen LogP contribution in [0.25, 0.3) is 0 Å². The highest BCUT2D eigenvalue weighted by Crippen LogP contribution is 2.41. The molecule has 0 saturated heterocycles. The van der Waals surface area contributed by atoms with Crippen molar-refractivity contribution >= 4 is 39.2 Å². The lowest BCUT2D eigenvalue weighted by atomic mass is 9.94. The molecule has 1 aliphatic heterocycles. The summed E-state index contributed by atoms with van der Waals surface area (Å²) in [6, 6.07) is 18.1. The highest BCUT2D eigenvalue weighted by Gasteiger charge is 2.52. The van der Waals surface area contributed by atoms with Gasteiger partial charge in [0.05, 0.1) is 19.4 Å². The molecule has 4 rings (SSSR count). The molecule has 3 N–H and O–H groups in total. The normalized spacial score (nSPS) is 16.9. The lowest BCUT2D eigenvalue weighted by Gasteiger charge is -2.42. The molecule has 1 atom stereocenters. The number of nitrogens with zero attached hydrogens (tertiary/aromatic N) is 1. The fourth-order valence-corrected chi connectivity index (χ4v) is 4.25. The second-order valence-electron chi connectivity index (χ2n) is 7.55. The number of fused-ring (bicyclic) bond motifs is 1. The maximum Gasteiger partial charge on any atom is 0.329 e. The smallest absolute Gasteiger partial charge is 0.329 e. The summed E-state index contributed by atoms with van der Waals surface area (Å²) in [5.74, 6) is 0.445. The minimum absolute atomic E-state index is 0.0905. The van der Waals surface area contributed by atoms with Crippen LogP contribution in [0.2, 0.25) is 0 Å². The van der Waals surface area contributed by atoms with Crippen molar-refractivity contribution in [1.82, 2.24) is 5.32 Å². The van der Waals surface area contributed by atoms with E-state index in [9.17, 15) is 14.7 Å². The number of urea groups is 1. The summed E-state index contributed by atoms with van der Waals surface area (Å²) in [5, 5.41) is 17.5. The molecule has 9 heteroatoms. The van der Waals surface area contributed by atoms with Gasteiger partial charge in [-0.2, -0.15) is 0 Å². The number of ether oxygens (including phenoxy) is 2. The van der Waals surface area contributed by atoms with E-state index in [4.69, 9.17) is 9.47 Å². The predicted octanol–water partition coefficient (Wildman–Crippen LogP) is 4.37. The van der Waals surface area contributed by atoms with Crippen LogP contribution in [0.5, 0.6) is 11.5 Å². The molecule has 0 bridgehead atoms. The van der Waals surface area contributed by atoms with Crippen LogP contribution in [0, 0.1) is 0 Å². The van der Waals surface area contributed by atoms with Crippen LogP contribution in [0.4, 0.5) is 16.2 Å². The van der Waals surface area contributed by atoms with Crippen molar-refractivity contribution in [2.24, 2.45) is 0 Å². The van der Waals surface area contributed by atoms with E-state index in [1.807, 2.05) is 25.1 Å². The maximum absolute atomic E-state index is 13.6. The number of methoxy groups -OCH3 is 1. The van der Waals surface area contributed by atoms with Crippen LogP contribution in [0.1, 0.15) is 18.1 Å². The van der Waals surface area contributed by atoms with Crippen molar-refractivity contribution in [2.45, 2.75) is 19.2 Å². The number of hydrogen-bond donors (Lipinski definition) is 3. The summed E-state index contributed by atoms with van der Waals surface area (Å²) in [5.41, 5.74) is -0.708. The van der Waals surface area contributed by atoms with Crippen LogP contribution in [-0.4, -0.2) is 30.8 Å². The lowest BCUT2D eigenvalue weighted by molar-refractivity contribution is -0.140. The van der Waals surface area contributed by atoms with E-state index >= 15 is 0 Å². The Morgan fingerprint density at radius 3 is 2.59 bits per heavy atom. The number of anilines is 2. The van der Waals surface area contributed by atoms with Gasteiger partial charge in [0.25, 0.3) is 11.6 Å². The molecule has 0 fully saturated rings. The Morgan fingerprint density at radius 2 is 1.88 bits per heavy atom. The molecule has 3 amide bonds. The second kappa shape index (κ2) is 9.74. The van der Waals surface area contributed by atoms with Gasteiger partial charge < -0.3 is 25.2 Å². The average Bonchev–Trinajstić information content (AvgIpc) is 2.84. The van der Waals surface area contributed by atoms with E-state index in [-0.39, 0.29) is 12.1 Å². The number of nitrogens with one attached hydrogen (secondary N) is 2. The zero-order chi connectivity index (χ0) is 24.3. The number of rotatable bonds is 7. The first kappa shape index (κ1) is 23.6. The summed E-state index contributed by atoms with van der Waals surface area (Å²) in [4.78, 5) is 27.8. The largest absolute Gasteiger partial charge is 0.496 e. The molecule has 0 aliphatic carbocycles. The van der Waals surface area contributed by atoms with Crippen LogP contribution >= 0.6 is 15.9 Å². The van der Waals surface area contributed by atoms with Gasteiger partial charge in [-0.25, -0.2) is 4.79 Å². The topological polar surface area (TPSA) is 100 Å². The van der Waals surface area contributed by atoms with E-state index in [1.165, 1.54) is 0 Å². The molecule has 34 heavy (non-hydrogen) atoms. The number of benzene rings is 3. The Bertz CT molecular complexity index is 1220. The summed E-state index contributed by atoms with van der Waals surface area (Å²) < 4.78 is 11.5. The molecule has 0 aromatic heterocycles. The van der Waals surface area contributed by atoms with Crippen LogP contribution < -0.4 is 25.0 Å². The molecule has 0 saturated carbocycles. The highest BCUT2D eigenvalue weighted by molar-refractivity contribution is 9.10. The highest BCUT2D eigenvalue weighted by atomic mass is 79.9. The van der Waals surface area contributed by atoms with Crippen molar-refractivity contribution in [2.75, 3.05) is 23.9 Å². The molecule has 0 radical (unpaired) electrons. The summed E-state index contributed by atoms with van der Waals surface area (Å²) in [6.07, 6.45) is 0. The standard InChI is InChI=1S/C25H24BrN3O5/c1-3-34-19-11-9-18(10-12-19)29-24(31)28-21-13-8-17(26)14-20(21)25(29,32)23(30)27-15-16-6-4-5-7-22(16)33-2/h4-14,32H,3,15H2,1-2H3,(H,27,30)(H,28,31)/t25-/m0/s1. The zero-order valence-electron chi connectivity index (χ0n) is 18.7. The van der Waals surface area contributed by atoms with Crippen molar-refractivity contribution in [3.8, 4) is 11.5 Å². The van der Waals surface area contributed by atoms with Crippen molar-refractivity contribution < 1.29 is 24.2 Å². The molecule has 3 aromatic rings. The quantitative estimate of drug-likeness (QED) is 0.425. The molecule has 0 spiro atoms. The van der Waals surface area contributed by atoms with Gasteiger partial charge in [-0.1, -0.05) is 34.1 Å². The summed E-state index contributed by atoms with van der Waals surface area (Å²) in [6.45, 7) is 2.44. The van der Waals surface area contributed by atoms with Crippen LogP contribution in [0.15, 0.2) is 71.2 Å². The van der Waals surface area contributed by atoms with E-state index in [2.05, 4.69) is 26.6 Å². The SMILES string of the molecule is CCOc1ccc(N2C(=O)Nc3ccc(Br)cc3[C@]2(O)C(=O)NCc2ccccc2OC)cc1. The number of carbonyl (C=O) groups is 2. The first-order valence-corrected chi connectivity index (χ1v) is 11.4. The minimum atomic E-state index is -2.32. The number of para-hydroxylation sites is 1. The van der Waals surface area contributed by atoms with Gasteiger partial charge in [-0.15, -0.1) is 0 Å². The number of hydrogen-bond acceptors (Lipinski definition) is 5. The fraction of sp³-hybridized carbons (Fsp3) is 0.200. The van der Waals surface area contributed by atoms with Gasteiger partial charge in [-0.05, 0) is 55.5 Å². The Kier molecular flexibility index (Phi) is 6.76. The van der Waals surface area contributed by atoms with Gasteiger partial charge in [0, 0.05) is 27.8 Å². The monoisotopic (exact) mass is 525 g/mol. The molecule has 3 aromatic carbocycles. The first-order valence-electron chi connectivity index (χ1n) is 10.6. The minimum Gasteiger partial charge on any atom is -0.496 e. The van der Waals surface area contributed by atoms with E-state index < -0.39 is 17.7 Å².